The molecule has 8 nitrogen and oxygen atoms in total. The molecule has 0 heterocycles. The van der Waals surface area contributed by atoms with Gasteiger partial charge in [-0.15, -0.1) is 0 Å². The van der Waals surface area contributed by atoms with Crippen molar-refractivity contribution in [1.82, 2.24) is 0 Å². The van der Waals surface area contributed by atoms with Gasteiger partial charge in [0.2, 0.25) is 0 Å². The molecule has 0 aromatic heterocycles. The molecule has 51 heavy (non-hydrogen) atoms. The predicted molar refractivity (Wildman–Crippen MR) is 211 cm³/mol. The maximum atomic E-state index is 12.4. The summed E-state index contributed by atoms with van der Waals surface area (Å²) in [7, 11) is -4.75. The lowest BCUT2D eigenvalue weighted by molar-refractivity contribution is -0.161. The standard InChI is InChI=1S/C42H75O8P/c1-3-5-7-9-11-13-15-16-17-18-19-20-21-22-23-24-25-26-27-29-31-33-35-37-42(44)50-40(39-49-51(45,46)47)38-48-41(43)36-34-32-30-28-14-12-10-8-6-4-2/h5,7,11,13,16-17,19-20,40H,3-4,6,8-10,12,14-15,18,21-39H2,1-2H3,(H2,45,46,47)/b7-5-,13-11-,17-16-,20-19-. The number of phosphoric acid groups is 1. The maximum Gasteiger partial charge on any atom is 0.469 e. The maximum absolute atomic E-state index is 12.4. The van der Waals surface area contributed by atoms with E-state index >= 15 is 0 Å². The summed E-state index contributed by atoms with van der Waals surface area (Å²) in [6.07, 6.45) is 45.5. The highest BCUT2D eigenvalue weighted by atomic mass is 31.2. The van der Waals surface area contributed by atoms with Gasteiger partial charge in [0.05, 0.1) is 6.61 Å². The third-order valence-electron chi connectivity index (χ3n) is 8.61. The number of esters is 2. The molecular formula is C42H75O8P. The van der Waals surface area contributed by atoms with Gasteiger partial charge in [0.15, 0.2) is 6.10 Å². The first-order valence-electron chi connectivity index (χ1n) is 20.4. The van der Waals surface area contributed by atoms with Crippen molar-refractivity contribution in [3.05, 3.63) is 48.6 Å². The molecule has 0 aliphatic heterocycles. The zero-order valence-corrected chi connectivity index (χ0v) is 33.4. The highest BCUT2D eigenvalue weighted by molar-refractivity contribution is 7.46. The number of phosphoric ester groups is 1. The highest BCUT2D eigenvalue weighted by Crippen LogP contribution is 2.36. The molecule has 1 atom stereocenters. The van der Waals surface area contributed by atoms with E-state index in [-0.39, 0.29) is 19.4 Å². The molecule has 0 aliphatic rings. The lowest BCUT2D eigenvalue weighted by Crippen LogP contribution is -2.29. The number of hydrogen-bond donors (Lipinski definition) is 2. The van der Waals surface area contributed by atoms with Crippen LogP contribution in [0.2, 0.25) is 0 Å². The Balaban J connectivity index is 3.87. The number of allylic oxidation sites excluding steroid dienone is 8. The second kappa shape index (κ2) is 37.8. The molecule has 0 bridgehead atoms. The number of carbonyl (C=O) groups is 2. The molecule has 9 heteroatoms. The fourth-order valence-electron chi connectivity index (χ4n) is 5.60. The molecule has 1 unspecified atom stereocenters. The molecule has 0 aromatic carbocycles. The first-order chi connectivity index (χ1) is 24.8. The lowest BCUT2D eigenvalue weighted by Gasteiger charge is -2.18. The number of unbranched alkanes of at least 4 members (excludes halogenated alkanes) is 19. The average molecular weight is 739 g/mol. The molecule has 0 rings (SSSR count). The van der Waals surface area contributed by atoms with Gasteiger partial charge in [0, 0.05) is 12.8 Å². The molecule has 296 valence electrons. The summed E-state index contributed by atoms with van der Waals surface area (Å²) in [5, 5.41) is 0. The van der Waals surface area contributed by atoms with Crippen LogP contribution in [0.15, 0.2) is 48.6 Å². The average Bonchev–Trinajstić information content (AvgIpc) is 3.10. The summed E-state index contributed by atoms with van der Waals surface area (Å²) in [4.78, 5) is 42.7. The van der Waals surface area contributed by atoms with E-state index in [1.807, 2.05) is 0 Å². The molecule has 0 amide bonds. The zero-order chi connectivity index (χ0) is 37.5. The summed E-state index contributed by atoms with van der Waals surface area (Å²) < 4.78 is 26.3. The van der Waals surface area contributed by atoms with Crippen LogP contribution in [0.25, 0.3) is 0 Å². The molecule has 0 saturated heterocycles. The van der Waals surface area contributed by atoms with Crippen LogP contribution in [0.4, 0.5) is 0 Å². The minimum Gasteiger partial charge on any atom is -0.462 e. The Bertz CT molecular complexity index is 968. The minimum atomic E-state index is -4.75. The van der Waals surface area contributed by atoms with E-state index in [1.165, 1.54) is 83.5 Å². The summed E-state index contributed by atoms with van der Waals surface area (Å²) in [5.41, 5.74) is 0. The predicted octanol–water partition coefficient (Wildman–Crippen LogP) is 12.3. The summed E-state index contributed by atoms with van der Waals surface area (Å²) >= 11 is 0. The van der Waals surface area contributed by atoms with Gasteiger partial charge in [-0.3, -0.25) is 14.1 Å². The summed E-state index contributed by atoms with van der Waals surface area (Å²) in [6.45, 7) is 3.55. The van der Waals surface area contributed by atoms with E-state index in [4.69, 9.17) is 19.3 Å². The van der Waals surface area contributed by atoms with E-state index in [0.29, 0.717) is 6.42 Å². The first-order valence-corrected chi connectivity index (χ1v) is 22.0. The Morgan fingerprint density at radius 1 is 0.529 bits per heavy atom. The lowest BCUT2D eigenvalue weighted by atomic mass is 10.0. The van der Waals surface area contributed by atoms with Gasteiger partial charge in [0.25, 0.3) is 0 Å². The van der Waals surface area contributed by atoms with Gasteiger partial charge >= 0.3 is 19.8 Å². The van der Waals surface area contributed by atoms with E-state index < -0.39 is 32.5 Å². The second-order valence-electron chi connectivity index (χ2n) is 13.6. The van der Waals surface area contributed by atoms with Gasteiger partial charge in [0.1, 0.15) is 6.61 Å². The summed E-state index contributed by atoms with van der Waals surface area (Å²) in [6, 6.07) is 0. The van der Waals surface area contributed by atoms with Crippen LogP contribution in [0.5, 0.6) is 0 Å². The van der Waals surface area contributed by atoms with Crippen LogP contribution in [0, 0.1) is 0 Å². The van der Waals surface area contributed by atoms with E-state index in [1.54, 1.807) is 0 Å². The van der Waals surface area contributed by atoms with Crippen molar-refractivity contribution >= 4 is 19.8 Å². The van der Waals surface area contributed by atoms with Crippen LogP contribution in [0.3, 0.4) is 0 Å². The number of carbonyl (C=O) groups excluding carboxylic acids is 2. The quantitative estimate of drug-likeness (QED) is 0.0280. The van der Waals surface area contributed by atoms with Crippen molar-refractivity contribution in [2.45, 2.75) is 193 Å². The van der Waals surface area contributed by atoms with Crippen LogP contribution < -0.4 is 0 Å². The van der Waals surface area contributed by atoms with E-state index in [9.17, 15) is 14.2 Å². The summed E-state index contributed by atoms with van der Waals surface area (Å²) in [5.74, 6) is -0.890. The monoisotopic (exact) mass is 739 g/mol. The Kier molecular flexibility index (Phi) is 36.3. The topological polar surface area (TPSA) is 119 Å². The normalized spacial score (nSPS) is 12.9. The third-order valence-corrected chi connectivity index (χ3v) is 9.10. The molecule has 0 spiro atoms. The largest absolute Gasteiger partial charge is 0.469 e. The Morgan fingerprint density at radius 2 is 0.941 bits per heavy atom. The molecule has 0 radical (unpaired) electrons. The molecular weight excluding hydrogens is 663 g/mol. The number of ether oxygens (including phenoxy) is 2. The fraction of sp³-hybridized carbons (Fsp3) is 0.762. The van der Waals surface area contributed by atoms with Crippen LogP contribution >= 0.6 is 7.82 Å². The molecule has 0 saturated carbocycles. The van der Waals surface area contributed by atoms with Gasteiger partial charge in [-0.1, -0.05) is 172 Å². The van der Waals surface area contributed by atoms with Crippen LogP contribution in [-0.4, -0.2) is 41.0 Å². The molecule has 0 aromatic rings. The second-order valence-corrected chi connectivity index (χ2v) is 14.8. The van der Waals surface area contributed by atoms with Crippen molar-refractivity contribution in [1.29, 1.82) is 0 Å². The number of hydrogen-bond acceptors (Lipinski definition) is 6. The van der Waals surface area contributed by atoms with Gasteiger partial charge in [-0.2, -0.15) is 0 Å². The third kappa shape index (κ3) is 40.6. The first kappa shape index (κ1) is 49.0. The van der Waals surface area contributed by atoms with Gasteiger partial charge in [-0.25, -0.2) is 4.57 Å². The minimum absolute atomic E-state index is 0.207. The van der Waals surface area contributed by atoms with E-state index in [0.717, 1.165) is 70.6 Å². The van der Waals surface area contributed by atoms with Crippen molar-refractivity contribution in [3.63, 3.8) is 0 Å². The Hall–Kier alpha value is -1.99. The van der Waals surface area contributed by atoms with Crippen LogP contribution in [-0.2, 0) is 28.2 Å². The molecule has 0 aliphatic carbocycles. The molecule has 2 N–H and O–H groups in total. The van der Waals surface area contributed by atoms with E-state index in [2.05, 4.69) is 67.0 Å². The number of rotatable bonds is 37. The van der Waals surface area contributed by atoms with Gasteiger partial charge < -0.3 is 19.3 Å². The molecule has 0 fully saturated rings. The Labute approximate surface area is 312 Å². The zero-order valence-electron chi connectivity index (χ0n) is 32.5. The van der Waals surface area contributed by atoms with Crippen molar-refractivity contribution in [3.8, 4) is 0 Å². The van der Waals surface area contributed by atoms with Crippen LogP contribution in [0.1, 0.15) is 187 Å². The van der Waals surface area contributed by atoms with Crippen molar-refractivity contribution in [2.24, 2.45) is 0 Å². The fourth-order valence-corrected chi connectivity index (χ4v) is 5.96. The van der Waals surface area contributed by atoms with Gasteiger partial charge in [-0.05, 0) is 51.4 Å². The Morgan fingerprint density at radius 3 is 1.41 bits per heavy atom. The SMILES string of the molecule is CC/C=C\C/C=C\C/C=C\C/C=C\CCCCCCCCCCCCC(=O)OC(COC(=O)CCCCCCCCCCCC)COP(=O)(O)O. The smallest absolute Gasteiger partial charge is 0.462 e. The highest BCUT2D eigenvalue weighted by Gasteiger charge is 2.22. The van der Waals surface area contributed by atoms with Crippen molar-refractivity contribution in [2.75, 3.05) is 13.2 Å². The van der Waals surface area contributed by atoms with Crippen molar-refractivity contribution < 1.29 is 37.9 Å².